The van der Waals surface area contributed by atoms with E-state index in [0.717, 1.165) is 27.8 Å². The molecule has 5 rings (SSSR count). The zero-order chi connectivity index (χ0) is 38.3. The van der Waals surface area contributed by atoms with Crippen molar-refractivity contribution in [2.75, 3.05) is 7.05 Å². The Morgan fingerprint density at radius 2 is 1.11 bits per heavy atom. The first-order valence-electron chi connectivity index (χ1n) is 17.8. The van der Waals surface area contributed by atoms with Crippen LogP contribution in [0.1, 0.15) is 110 Å². The third-order valence-electron chi connectivity index (χ3n) is 10.2. The van der Waals surface area contributed by atoms with E-state index in [2.05, 4.69) is 64.3 Å². The summed E-state index contributed by atoms with van der Waals surface area (Å²) in [6.45, 7) is 12.5. The Hall–Kier alpha value is -6.02. The van der Waals surface area contributed by atoms with Gasteiger partial charge in [0.2, 0.25) is 0 Å². The van der Waals surface area contributed by atoms with Gasteiger partial charge in [0.15, 0.2) is 12.6 Å². The molecule has 8 nitrogen and oxygen atoms in total. The Bertz CT molecular complexity index is 2110. The number of rotatable bonds is 14. The summed E-state index contributed by atoms with van der Waals surface area (Å²) in [6.07, 6.45) is 2.73. The molecule has 5 aromatic carbocycles. The summed E-state index contributed by atoms with van der Waals surface area (Å²) in [4.78, 5) is 49.5. The van der Waals surface area contributed by atoms with E-state index in [0.29, 0.717) is 54.0 Å². The molecule has 0 bridgehead atoms. The molecule has 2 amide bonds. The molecule has 0 fully saturated rings. The minimum Gasteiger partial charge on any atom is -0.457 e. The van der Waals surface area contributed by atoms with Crippen molar-refractivity contribution in [3.63, 3.8) is 0 Å². The van der Waals surface area contributed by atoms with Gasteiger partial charge in [-0.25, -0.2) is 0 Å². The largest absolute Gasteiger partial charge is 0.457 e. The fraction of sp³-hybridized carbons (Fsp3) is 0.244. The first-order chi connectivity index (χ1) is 25.4. The lowest BCUT2D eigenvalue weighted by molar-refractivity contribution is 0.0884. The van der Waals surface area contributed by atoms with E-state index in [4.69, 9.17) is 9.47 Å². The van der Waals surface area contributed by atoms with E-state index in [1.807, 2.05) is 54.6 Å². The highest BCUT2D eigenvalue weighted by atomic mass is 16.5. The molecule has 0 unspecified atom stereocenters. The molecule has 53 heavy (non-hydrogen) atoms. The summed E-state index contributed by atoms with van der Waals surface area (Å²) < 4.78 is 12.1. The Labute approximate surface area is 311 Å². The maximum absolute atomic E-state index is 13.7. The third kappa shape index (κ3) is 8.07. The van der Waals surface area contributed by atoms with Crippen LogP contribution in [0.15, 0.2) is 103 Å². The number of carbonyl (C=O) groups is 4. The number of nitrogens with one attached hydrogen (secondary N) is 2. The molecule has 0 spiro atoms. The predicted molar refractivity (Wildman–Crippen MR) is 208 cm³/mol. The monoisotopic (exact) mass is 710 g/mol. The molecular weight excluding hydrogens is 665 g/mol. The van der Waals surface area contributed by atoms with Gasteiger partial charge in [-0.2, -0.15) is 0 Å². The van der Waals surface area contributed by atoms with E-state index >= 15 is 0 Å². The normalized spacial score (nSPS) is 11.4. The Morgan fingerprint density at radius 3 is 1.60 bits per heavy atom. The highest BCUT2D eigenvalue weighted by Crippen LogP contribution is 2.36. The van der Waals surface area contributed by atoms with Gasteiger partial charge < -0.3 is 20.1 Å². The second-order valence-corrected chi connectivity index (χ2v) is 13.7. The van der Waals surface area contributed by atoms with Crippen LogP contribution in [0, 0.1) is 13.8 Å². The molecule has 0 aliphatic rings. The Kier molecular flexibility index (Phi) is 11.6. The average Bonchev–Trinajstić information content (AvgIpc) is 3.17. The van der Waals surface area contributed by atoms with Crippen molar-refractivity contribution in [1.82, 2.24) is 10.6 Å². The minimum absolute atomic E-state index is 0.244. The molecule has 0 saturated carbocycles. The van der Waals surface area contributed by atoms with Crippen LogP contribution in [0.25, 0.3) is 0 Å². The number of hydrogen-bond acceptors (Lipinski definition) is 6. The van der Waals surface area contributed by atoms with Crippen LogP contribution >= 0.6 is 0 Å². The smallest absolute Gasteiger partial charge is 0.252 e. The van der Waals surface area contributed by atoms with E-state index in [9.17, 15) is 19.2 Å². The number of benzene rings is 5. The van der Waals surface area contributed by atoms with Crippen molar-refractivity contribution in [3.05, 3.63) is 153 Å². The maximum Gasteiger partial charge on any atom is 0.252 e. The lowest BCUT2D eigenvalue weighted by Crippen LogP contribution is -2.46. The van der Waals surface area contributed by atoms with Gasteiger partial charge in [-0.3, -0.25) is 19.2 Å². The molecule has 0 heterocycles. The minimum atomic E-state index is -0.572. The highest BCUT2D eigenvalue weighted by Gasteiger charge is 2.34. The summed E-state index contributed by atoms with van der Waals surface area (Å²) in [6, 6.07) is 31.3. The summed E-state index contributed by atoms with van der Waals surface area (Å²) >= 11 is 0. The molecular formula is C45H46N2O6. The number of ether oxygens (including phenoxy) is 2. The molecule has 2 N–H and O–H groups in total. The summed E-state index contributed by atoms with van der Waals surface area (Å²) in [5.41, 5.74) is 5.59. The number of aryl methyl sites for hydroxylation is 2. The molecule has 0 saturated heterocycles. The summed E-state index contributed by atoms with van der Waals surface area (Å²) in [5.74, 6) is 1.39. The fourth-order valence-electron chi connectivity index (χ4n) is 6.96. The van der Waals surface area contributed by atoms with Gasteiger partial charge >= 0.3 is 0 Å². The van der Waals surface area contributed by atoms with E-state index in [1.165, 1.54) is 7.05 Å². The quantitative estimate of drug-likeness (QED) is 0.111. The van der Waals surface area contributed by atoms with E-state index < -0.39 is 5.54 Å². The lowest BCUT2D eigenvalue weighted by Gasteiger charge is -2.36. The van der Waals surface area contributed by atoms with Gasteiger partial charge in [-0.05, 0) is 115 Å². The molecule has 0 radical (unpaired) electrons. The first kappa shape index (κ1) is 38.2. The van der Waals surface area contributed by atoms with Gasteiger partial charge in [0.05, 0.1) is 16.7 Å². The summed E-state index contributed by atoms with van der Waals surface area (Å²) in [5, 5.41) is 5.82. The van der Waals surface area contributed by atoms with Crippen LogP contribution in [0.3, 0.4) is 0 Å². The van der Waals surface area contributed by atoms with Crippen LogP contribution in [-0.4, -0.2) is 31.4 Å². The van der Waals surface area contributed by atoms with Gasteiger partial charge in [0.1, 0.15) is 23.0 Å². The van der Waals surface area contributed by atoms with Crippen molar-refractivity contribution in [3.8, 4) is 23.0 Å². The van der Waals surface area contributed by atoms with Crippen molar-refractivity contribution < 1.29 is 28.7 Å². The fourth-order valence-corrected chi connectivity index (χ4v) is 6.96. The number of amides is 2. The standard InChI is InChI=1S/C45H46N2O6/c1-8-45(9-2,41-29(3)11-10-12-30(41)4)47-43(51)39-24-23-37(25-32(39)28-49)52-35-19-14-33(15-20-35)44(5,6)34-16-21-36(22-17-34)53-38-18-13-31(27-48)40(26-38)42(50)46-7/h10-28H,8-9H2,1-7H3,(H,46,50)(H,47,51). The van der Waals surface area contributed by atoms with E-state index in [-0.39, 0.29) is 33.9 Å². The van der Waals surface area contributed by atoms with Crippen LogP contribution in [-0.2, 0) is 11.0 Å². The first-order valence-corrected chi connectivity index (χ1v) is 17.8. The summed E-state index contributed by atoms with van der Waals surface area (Å²) in [7, 11) is 1.51. The molecule has 5 aromatic rings. The van der Waals surface area contributed by atoms with Gasteiger partial charge in [0, 0.05) is 23.6 Å². The van der Waals surface area contributed by atoms with Crippen molar-refractivity contribution in [2.45, 2.75) is 65.3 Å². The van der Waals surface area contributed by atoms with Gasteiger partial charge in [-0.1, -0.05) is 70.2 Å². The number of aldehydes is 2. The molecule has 8 heteroatoms. The predicted octanol–water partition coefficient (Wildman–Crippen LogP) is 9.64. The second-order valence-electron chi connectivity index (χ2n) is 13.7. The van der Waals surface area contributed by atoms with Crippen LogP contribution < -0.4 is 20.1 Å². The molecule has 0 aliphatic heterocycles. The SMILES string of the molecule is CCC(CC)(NC(=O)c1ccc(Oc2ccc(C(C)(C)c3ccc(Oc4ccc(C=O)c(C(=O)NC)c4)cc3)cc2)cc1C=O)c1c(C)cccc1C. The van der Waals surface area contributed by atoms with E-state index in [1.54, 1.807) is 36.4 Å². The van der Waals surface area contributed by atoms with Crippen molar-refractivity contribution in [1.29, 1.82) is 0 Å². The zero-order valence-electron chi connectivity index (χ0n) is 31.3. The number of carbonyl (C=O) groups excluding carboxylic acids is 4. The molecule has 0 atom stereocenters. The number of hydrogen-bond donors (Lipinski definition) is 2. The zero-order valence-corrected chi connectivity index (χ0v) is 31.3. The van der Waals surface area contributed by atoms with Gasteiger partial charge in [0.25, 0.3) is 11.8 Å². The third-order valence-corrected chi connectivity index (χ3v) is 10.2. The van der Waals surface area contributed by atoms with Crippen LogP contribution in [0.4, 0.5) is 0 Å². The van der Waals surface area contributed by atoms with Crippen molar-refractivity contribution >= 4 is 24.4 Å². The Balaban J connectivity index is 1.28. The van der Waals surface area contributed by atoms with Gasteiger partial charge in [-0.15, -0.1) is 0 Å². The topological polar surface area (TPSA) is 111 Å². The average molecular weight is 711 g/mol. The van der Waals surface area contributed by atoms with Crippen LogP contribution in [0.5, 0.6) is 23.0 Å². The maximum atomic E-state index is 13.7. The van der Waals surface area contributed by atoms with Crippen molar-refractivity contribution in [2.24, 2.45) is 0 Å². The Morgan fingerprint density at radius 1 is 0.623 bits per heavy atom. The second kappa shape index (κ2) is 16.1. The highest BCUT2D eigenvalue weighted by molar-refractivity contribution is 6.02. The van der Waals surface area contributed by atoms with Crippen LogP contribution in [0.2, 0.25) is 0 Å². The molecule has 0 aliphatic carbocycles. The molecule has 272 valence electrons. The molecule has 0 aromatic heterocycles. The lowest BCUT2D eigenvalue weighted by atomic mass is 9.78.